The zero-order valence-corrected chi connectivity index (χ0v) is 17.7. The third kappa shape index (κ3) is 4.45. The summed E-state index contributed by atoms with van der Waals surface area (Å²) in [6.07, 6.45) is 4.09. The topological polar surface area (TPSA) is 91.9 Å². The number of fused-ring (bicyclic) bond motifs is 1. The highest BCUT2D eigenvalue weighted by atomic mass is 32.1. The summed E-state index contributed by atoms with van der Waals surface area (Å²) in [5, 5.41) is 8.63. The summed E-state index contributed by atoms with van der Waals surface area (Å²) in [6, 6.07) is 13.8. The van der Waals surface area contributed by atoms with Gasteiger partial charge in [-0.05, 0) is 49.7 Å². The molecule has 2 aromatic carbocycles. The van der Waals surface area contributed by atoms with Crippen molar-refractivity contribution in [2.24, 2.45) is 0 Å². The van der Waals surface area contributed by atoms with Crippen molar-refractivity contribution in [3.8, 4) is 17.1 Å². The largest absolute Gasteiger partial charge is 0.490 e. The number of nitrogens with zero attached hydrogens (tertiary/aromatic N) is 2. The standard InChI is InChI=1S/C23H23N5O2S/c29-20(27-23-25-12-13-31-23)14-15-4-3-6-18-21(15)28-22(26-18)17-5-1-2-7-19(17)30-16-8-10-24-11-9-16/h1-7,12-13,16,24H,8-11,14H2,(H,26,28)(H,25,27,29). The molecule has 1 saturated heterocycles. The Bertz CT molecular complexity index is 1180. The molecule has 4 aromatic rings. The zero-order chi connectivity index (χ0) is 21.0. The van der Waals surface area contributed by atoms with Crippen LogP contribution in [0.5, 0.6) is 5.75 Å². The first-order valence-corrected chi connectivity index (χ1v) is 11.3. The summed E-state index contributed by atoms with van der Waals surface area (Å²) >= 11 is 1.40. The predicted molar refractivity (Wildman–Crippen MR) is 122 cm³/mol. The maximum atomic E-state index is 12.5. The SMILES string of the molecule is O=C(Cc1cccc2[nH]c(-c3ccccc3OC3CCNCC3)nc12)Nc1nccs1. The molecular weight excluding hydrogens is 410 g/mol. The molecule has 2 aromatic heterocycles. The van der Waals surface area contributed by atoms with Gasteiger partial charge in [-0.2, -0.15) is 0 Å². The summed E-state index contributed by atoms with van der Waals surface area (Å²) in [7, 11) is 0. The smallest absolute Gasteiger partial charge is 0.230 e. The normalized spacial score (nSPS) is 14.6. The van der Waals surface area contributed by atoms with Crippen LogP contribution >= 0.6 is 11.3 Å². The summed E-state index contributed by atoms with van der Waals surface area (Å²) in [5.74, 6) is 1.46. The first-order chi connectivity index (χ1) is 15.3. The van der Waals surface area contributed by atoms with Gasteiger partial charge in [0.25, 0.3) is 0 Å². The van der Waals surface area contributed by atoms with Gasteiger partial charge >= 0.3 is 0 Å². The van der Waals surface area contributed by atoms with E-state index in [1.54, 1.807) is 6.20 Å². The molecule has 0 bridgehead atoms. The highest BCUT2D eigenvalue weighted by molar-refractivity contribution is 7.13. The van der Waals surface area contributed by atoms with Gasteiger partial charge in [-0.3, -0.25) is 4.79 Å². The molecule has 158 valence electrons. The Balaban J connectivity index is 1.41. The fourth-order valence-corrected chi connectivity index (χ4v) is 4.39. The van der Waals surface area contributed by atoms with E-state index >= 15 is 0 Å². The number of aromatic amines is 1. The molecule has 8 heteroatoms. The summed E-state index contributed by atoms with van der Waals surface area (Å²) in [5.41, 5.74) is 3.48. The van der Waals surface area contributed by atoms with Gasteiger partial charge in [-0.1, -0.05) is 24.3 Å². The molecule has 1 aliphatic rings. The van der Waals surface area contributed by atoms with E-state index in [9.17, 15) is 4.79 Å². The number of ether oxygens (including phenoxy) is 1. The number of thiazole rings is 1. The minimum absolute atomic E-state index is 0.110. The Morgan fingerprint density at radius 2 is 2.03 bits per heavy atom. The number of para-hydroxylation sites is 2. The fraction of sp³-hybridized carbons (Fsp3) is 0.261. The number of nitrogens with one attached hydrogen (secondary N) is 3. The van der Waals surface area contributed by atoms with E-state index in [1.165, 1.54) is 11.3 Å². The molecule has 5 rings (SSSR count). The monoisotopic (exact) mass is 433 g/mol. The van der Waals surface area contributed by atoms with E-state index in [0.717, 1.165) is 59.7 Å². The van der Waals surface area contributed by atoms with E-state index in [0.29, 0.717) is 5.13 Å². The van der Waals surface area contributed by atoms with E-state index < -0.39 is 0 Å². The number of piperidine rings is 1. The van der Waals surface area contributed by atoms with Crippen molar-refractivity contribution in [2.75, 3.05) is 18.4 Å². The molecule has 0 spiro atoms. The molecule has 0 atom stereocenters. The molecule has 7 nitrogen and oxygen atoms in total. The average Bonchev–Trinajstić information content (AvgIpc) is 3.45. The number of imidazole rings is 1. The number of rotatable bonds is 6. The molecule has 3 heterocycles. The molecule has 0 radical (unpaired) electrons. The third-order valence-corrected chi connectivity index (χ3v) is 6.04. The summed E-state index contributed by atoms with van der Waals surface area (Å²) < 4.78 is 6.32. The van der Waals surface area contributed by atoms with Crippen molar-refractivity contribution in [3.05, 3.63) is 59.6 Å². The second-order valence-corrected chi connectivity index (χ2v) is 8.42. The lowest BCUT2D eigenvalue weighted by Crippen LogP contribution is -2.34. The second kappa shape index (κ2) is 8.87. The van der Waals surface area contributed by atoms with Crippen LogP contribution in [0.4, 0.5) is 5.13 Å². The van der Waals surface area contributed by atoms with Gasteiger partial charge in [0, 0.05) is 11.6 Å². The van der Waals surface area contributed by atoms with Gasteiger partial charge < -0.3 is 20.4 Å². The number of anilines is 1. The number of H-pyrrole nitrogens is 1. The number of hydrogen-bond acceptors (Lipinski definition) is 6. The van der Waals surface area contributed by atoms with E-state index in [4.69, 9.17) is 9.72 Å². The molecule has 1 fully saturated rings. The predicted octanol–water partition coefficient (Wildman–Crippen LogP) is 4.00. The van der Waals surface area contributed by atoms with Crippen LogP contribution in [0.25, 0.3) is 22.4 Å². The van der Waals surface area contributed by atoms with Crippen molar-refractivity contribution in [2.45, 2.75) is 25.4 Å². The number of amides is 1. The number of hydrogen-bond donors (Lipinski definition) is 3. The molecular formula is C23H23N5O2S. The van der Waals surface area contributed by atoms with Crippen LogP contribution in [0.1, 0.15) is 18.4 Å². The average molecular weight is 434 g/mol. The summed E-state index contributed by atoms with van der Waals surface area (Å²) in [6.45, 7) is 1.95. The van der Waals surface area contributed by atoms with Gasteiger partial charge in [-0.15, -0.1) is 11.3 Å². The van der Waals surface area contributed by atoms with E-state index in [1.807, 2.05) is 47.8 Å². The van der Waals surface area contributed by atoms with Crippen LogP contribution in [0, 0.1) is 0 Å². The van der Waals surface area contributed by atoms with Gasteiger partial charge in [-0.25, -0.2) is 9.97 Å². The molecule has 0 saturated carbocycles. The molecule has 1 amide bonds. The Kier molecular flexibility index (Phi) is 5.64. The Labute approximate surface area is 183 Å². The van der Waals surface area contributed by atoms with Gasteiger partial charge in [0.1, 0.15) is 17.7 Å². The summed E-state index contributed by atoms with van der Waals surface area (Å²) in [4.78, 5) is 24.8. The highest BCUT2D eigenvalue weighted by Crippen LogP contribution is 2.32. The first kappa shape index (κ1) is 19.7. The maximum Gasteiger partial charge on any atom is 0.230 e. The lowest BCUT2D eigenvalue weighted by molar-refractivity contribution is -0.115. The van der Waals surface area contributed by atoms with Crippen LogP contribution in [0.3, 0.4) is 0 Å². The van der Waals surface area contributed by atoms with Crippen LogP contribution in [0.15, 0.2) is 54.0 Å². The highest BCUT2D eigenvalue weighted by Gasteiger charge is 2.19. The third-order valence-electron chi connectivity index (χ3n) is 5.35. The van der Waals surface area contributed by atoms with E-state index in [-0.39, 0.29) is 18.4 Å². The van der Waals surface area contributed by atoms with Gasteiger partial charge in [0.2, 0.25) is 5.91 Å². The molecule has 3 N–H and O–H groups in total. The fourth-order valence-electron chi connectivity index (χ4n) is 3.84. The molecule has 0 aliphatic carbocycles. The van der Waals surface area contributed by atoms with Gasteiger partial charge in [0.15, 0.2) is 5.13 Å². The van der Waals surface area contributed by atoms with Crippen molar-refractivity contribution in [1.29, 1.82) is 0 Å². The number of benzene rings is 2. The molecule has 1 aliphatic heterocycles. The molecule has 0 unspecified atom stereocenters. The Morgan fingerprint density at radius 1 is 1.16 bits per heavy atom. The van der Waals surface area contributed by atoms with Crippen molar-refractivity contribution in [3.63, 3.8) is 0 Å². The number of carbonyl (C=O) groups is 1. The Hall–Kier alpha value is -3.23. The van der Waals surface area contributed by atoms with Crippen molar-refractivity contribution >= 4 is 33.4 Å². The zero-order valence-electron chi connectivity index (χ0n) is 16.9. The quantitative estimate of drug-likeness (QED) is 0.428. The van der Waals surface area contributed by atoms with Crippen LogP contribution in [0.2, 0.25) is 0 Å². The molecule has 31 heavy (non-hydrogen) atoms. The lowest BCUT2D eigenvalue weighted by Gasteiger charge is -2.24. The van der Waals surface area contributed by atoms with Crippen LogP contribution < -0.4 is 15.4 Å². The minimum atomic E-state index is -0.110. The minimum Gasteiger partial charge on any atom is -0.490 e. The van der Waals surface area contributed by atoms with Crippen LogP contribution in [-0.4, -0.2) is 40.1 Å². The Morgan fingerprint density at radius 3 is 2.87 bits per heavy atom. The van der Waals surface area contributed by atoms with Crippen molar-refractivity contribution < 1.29 is 9.53 Å². The van der Waals surface area contributed by atoms with Crippen LogP contribution in [-0.2, 0) is 11.2 Å². The number of carbonyl (C=O) groups excluding carboxylic acids is 1. The van der Waals surface area contributed by atoms with Crippen molar-refractivity contribution in [1.82, 2.24) is 20.3 Å². The van der Waals surface area contributed by atoms with E-state index in [2.05, 4.69) is 20.6 Å². The maximum absolute atomic E-state index is 12.5. The number of aromatic nitrogens is 3. The lowest BCUT2D eigenvalue weighted by atomic mass is 10.1. The second-order valence-electron chi connectivity index (χ2n) is 7.52. The van der Waals surface area contributed by atoms with Gasteiger partial charge in [0.05, 0.1) is 23.0 Å². The first-order valence-electron chi connectivity index (χ1n) is 10.4.